The van der Waals surface area contributed by atoms with Gasteiger partial charge >= 0.3 is 0 Å². The Bertz CT molecular complexity index is 194. The van der Waals surface area contributed by atoms with Gasteiger partial charge in [-0.1, -0.05) is 0 Å². The molecule has 1 atom stereocenters. The van der Waals surface area contributed by atoms with Gasteiger partial charge in [0.25, 0.3) is 0 Å². The number of hydrogen-bond donors (Lipinski definition) is 1. The van der Waals surface area contributed by atoms with E-state index in [0.29, 0.717) is 0 Å². The molecule has 0 amide bonds. The molecule has 2 fully saturated rings. The molecule has 2 nitrogen and oxygen atoms in total. The topological polar surface area (TPSA) is 15.3 Å². The molecule has 0 radical (unpaired) electrons. The van der Waals surface area contributed by atoms with Crippen LogP contribution in [0.4, 0.5) is 0 Å². The van der Waals surface area contributed by atoms with Crippen LogP contribution in [0.2, 0.25) is 0 Å². The summed E-state index contributed by atoms with van der Waals surface area (Å²) in [4.78, 5) is 2.60. The van der Waals surface area contributed by atoms with Crippen molar-refractivity contribution in [2.75, 3.05) is 25.4 Å². The van der Waals surface area contributed by atoms with Crippen molar-refractivity contribution < 1.29 is 0 Å². The van der Waals surface area contributed by atoms with E-state index in [1.54, 1.807) is 0 Å². The highest BCUT2D eigenvalue weighted by atomic mass is 32.2. The number of rotatable bonds is 4. The highest BCUT2D eigenvalue weighted by Crippen LogP contribution is 2.25. The lowest BCUT2D eigenvalue weighted by Gasteiger charge is -2.35. The fourth-order valence-corrected chi connectivity index (χ4v) is 3.94. The number of nitrogens with one attached hydrogen (secondary N) is 1. The Balaban J connectivity index is 1.61. The second-order valence-electron chi connectivity index (χ2n) is 5.45. The van der Waals surface area contributed by atoms with E-state index in [4.69, 9.17) is 0 Å². The average molecular weight is 242 g/mol. The maximum absolute atomic E-state index is 3.78. The van der Waals surface area contributed by atoms with Gasteiger partial charge in [-0.3, -0.25) is 0 Å². The van der Waals surface area contributed by atoms with Gasteiger partial charge < -0.3 is 10.2 Å². The molecule has 0 aromatic carbocycles. The predicted molar refractivity (Wildman–Crippen MR) is 73.2 cm³/mol. The van der Waals surface area contributed by atoms with E-state index in [-0.39, 0.29) is 0 Å². The molecule has 0 aliphatic carbocycles. The summed E-state index contributed by atoms with van der Waals surface area (Å²) < 4.78 is 0. The molecule has 0 bridgehead atoms. The minimum atomic E-state index is 0.728. The Morgan fingerprint density at radius 1 is 1.25 bits per heavy atom. The Labute approximate surface area is 105 Å². The van der Waals surface area contributed by atoms with Crippen LogP contribution in [0.15, 0.2) is 0 Å². The zero-order valence-corrected chi connectivity index (χ0v) is 11.6. The van der Waals surface area contributed by atoms with Crippen LogP contribution in [-0.4, -0.2) is 47.6 Å². The fraction of sp³-hybridized carbons (Fsp3) is 1.00. The van der Waals surface area contributed by atoms with Crippen LogP contribution in [0, 0.1) is 0 Å². The molecule has 2 aliphatic heterocycles. The van der Waals surface area contributed by atoms with Gasteiger partial charge in [-0.25, -0.2) is 0 Å². The summed E-state index contributed by atoms with van der Waals surface area (Å²) in [6, 6.07) is 1.52. The summed E-state index contributed by atoms with van der Waals surface area (Å²) in [6.07, 6.45) is 5.55. The standard InChI is InChI=1S/C13H26N2S/c1-11(2)15-7-5-12(6-8-15)14-10-13-4-3-9-16-13/h11-14H,3-10H2,1-2H3. The van der Waals surface area contributed by atoms with Crippen molar-refractivity contribution in [3.63, 3.8) is 0 Å². The predicted octanol–water partition coefficient (Wildman–Crippen LogP) is 2.34. The summed E-state index contributed by atoms with van der Waals surface area (Å²) in [5, 5.41) is 4.68. The molecule has 0 aromatic heterocycles. The van der Waals surface area contributed by atoms with Gasteiger partial charge in [-0.2, -0.15) is 11.8 Å². The lowest BCUT2D eigenvalue weighted by Crippen LogP contribution is -2.46. The summed E-state index contributed by atoms with van der Waals surface area (Å²) in [6.45, 7) is 8.43. The molecule has 2 saturated heterocycles. The van der Waals surface area contributed by atoms with E-state index in [9.17, 15) is 0 Å². The van der Waals surface area contributed by atoms with Crippen LogP contribution in [0.1, 0.15) is 39.5 Å². The highest BCUT2D eigenvalue weighted by molar-refractivity contribution is 8.00. The van der Waals surface area contributed by atoms with E-state index < -0.39 is 0 Å². The van der Waals surface area contributed by atoms with Crippen molar-refractivity contribution in [1.82, 2.24) is 10.2 Å². The molecule has 1 N–H and O–H groups in total. The molecule has 2 aliphatic rings. The normalized spacial score (nSPS) is 29.1. The Morgan fingerprint density at radius 2 is 2.00 bits per heavy atom. The molecule has 0 spiro atoms. The Kier molecular flexibility index (Phi) is 4.98. The lowest BCUT2D eigenvalue weighted by molar-refractivity contribution is 0.161. The van der Waals surface area contributed by atoms with E-state index in [1.165, 1.54) is 51.1 Å². The van der Waals surface area contributed by atoms with Crippen molar-refractivity contribution in [2.45, 2.75) is 56.9 Å². The second-order valence-corrected chi connectivity index (χ2v) is 6.86. The summed E-state index contributed by atoms with van der Waals surface area (Å²) in [5.41, 5.74) is 0. The number of nitrogens with zero attached hydrogens (tertiary/aromatic N) is 1. The molecular formula is C13H26N2S. The first-order valence-corrected chi connectivity index (χ1v) is 7.89. The molecule has 0 aromatic rings. The van der Waals surface area contributed by atoms with E-state index in [2.05, 4.69) is 35.8 Å². The van der Waals surface area contributed by atoms with Gasteiger partial charge in [-0.15, -0.1) is 0 Å². The second kappa shape index (κ2) is 6.27. The third-order valence-corrected chi connectivity index (χ3v) is 5.32. The third-order valence-electron chi connectivity index (χ3n) is 3.92. The van der Waals surface area contributed by atoms with Crippen molar-refractivity contribution in [3.05, 3.63) is 0 Å². The summed E-state index contributed by atoms with van der Waals surface area (Å²) in [7, 11) is 0. The first-order valence-electron chi connectivity index (χ1n) is 6.84. The van der Waals surface area contributed by atoms with Gasteiger partial charge in [-0.05, 0) is 58.4 Å². The highest BCUT2D eigenvalue weighted by Gasteiger charge is 2.22. The largest absolute Gasteiger partial charge is 0.313 e. The zero-order valence-electron chi connectivity index (χ0n) is 10.7. The quantitative estimate of drug-likeness (QED) is 0.814. The first-order chi connectivity index (χ1) is 7.75. The minimum Gasteiger partial charge on any atom is -0.313 e. The maximum Gasteiger partial charge on any atom is 0.0172 e. The monoisotopic (exact) mass is 242 g/mol. The SMILES string of the molecule is CC(C)N1CCC(NCC2CCCS2)CC1. The van der Waals surface area contributed by atoms with E-state index in [0.717, 1.165) is 17.3 Å². The molecule has 1 unspecified atom stereocenters. The molecule has 16 heavy (non-hydrogen) atoms. The van der Waals surface area contributed by atoms with Crippen molar-refractivity contribution in [1.29, 1.82) is 0 Å². The van der Waals surface area contributed by atoms with Crippen LogP contribution in [0.25, 0.3) is 0 Å². The lowest BCUT2D eigenvalue weighted by atomic mass is 10.0. The Hall–Kier alpha value is 0.270. The molecule has 3 heteroatoms. The van der Waals surface area contributed by atoms with Crippen LogP contribution < -0.4 is 5.32 Å². The molecule has 0 saturated carbocycles. The van der Waals surface area contributed by atoms with Crippen LogP contribution in [-0.2, 0) is 0 Å². The zero-order chi connectivity index (χ0) is 11.4. The number of thioether (sulfide) groups is 1. The smallest absolute Gasteiger partial charge is 0.0172 e. The van der Waals surface area contributed by atoms with Crippen LogP contribution in [0.5, 0.6) is 0 Å². The van der Waals surface area contributed by atoms with Gasteiger partial charge in [0.05, 0.1) is 0 Å². The van der Waals surface area contributed by atoms with Crippen molar-refractivity contribution >= 4 is 11.8 Å². The fourth-order valence-electron chi connectivity index (χ4n) is 2.72. The first kappa shape index (κ1) is 12.7. The third kappa shape index (κ3) is 3.64. The van der Waals surface area contributed by atoms with Gasteiger partial charge in [0, 0.05) is 23.9 Å². The van der Waals surface area contributed by atoms with Crippen molar-refractivity contribution in [2.24, 2.45) is 0 Å². The van der Waals surface area contributed by atoms with Gasteiger partial charge in [0.15, 0.2) is 0 Å². The maximum atomic E-state index is 3.78. The minimum absolute atomic E-state index is 0.728. The van der Waals surface area contributed by atoms with E-state index in [1.807, 2.05) is 0 Å². The number of hydrogen-bond acceptors (Lipinski definition) is 3. The van der Waals surface area contributed by atoms with Crippen LogP contribution >= 0.6 is 11.8 Å². The molecule has 2 heterocycles. The summed E-state index contributed by atoms with van der Waals surface area (Å²) in [5.74, 6) is 1.39. The Morgan fingerprint density at radius 3 is 2.56 bits per heavy atom. The molecule has 94 valence electrons. The molecule has 2 rings (SSSR count). The number of piperidine rings is 1. The summed E-state index contributed by atoms with van der Waals surface area (Å²) >= 11 is 2.16. The van der Waals surface area contributed by atoms with Crippen LogP contribution in [0.3, 0.4) is 0 Å². The van der Waals surface area contributed by atoms with Gasteiger partial charge in [0.2, 0.25) is 0 Å². The van der Waals surface area contributed by atoms with Crippen molar-refractivity contribution in [3.8, 4) is 0 Å². The number of likely N-dealkylation sites (tertiary alicyclic amines) is 1. The molecular weight excluding hydrogens is 216 g/mol. The van der Waals surface area contributed by atoms with E-state index >= 15 is 0 Å². The average Bonchev–Trinajstić information content (AvgIpc) is 2.80. The van der Waals surface area contributed by atoms with Gasteiger partial charge in [0.1, 0.15) is 0 Å².